The van der Waals surface area contributed by atoms with Gasteiger partial charge in [-0.05, 0) is 0 Å². The fourth-order valence-corrected chi connectivity index (χ4v) is 17.5. The molecule has 0 aliphatic rings. The minimum atomic E-state index is -2.47. The molecule has 0 aromatic rings. The average Bonchev–Trinajstić information content (AvgIpc) is 1.77. The zero-order valence-electron chi connectivity index (χ0n) is 11.4. The Balaban J connectivity index is 5.54. The first-order valence-corrected chi connectivity index (χ1v) is 11.3. The van der Waals surface area contributed by atoms with Gasteiger partial charge < -0.3 is 0 Å². The molecule has 0 radical (unpaired) electrons. The summed E-state index contributed by atoms with van der Waals surface area (Å²) in [6, 6.07) is 0. The quantitative estimate of drug-likeness (QED) is 0.508. The molecule has 0 fully saturated rings. The molecule has 0 aliphatic carbocycles. The summed E-state index contributed by atoms with van der Waals surface area (Å²) in [5.74, 6) is 0. The monoisotopic (exact) mass is 280 g/mol. The van der Waals surface area contributed by atoms with E-state index in [2.05, 4.69) is 62.3 Å². The second-order valence-electron chi connectivity index (χ2n) is 7.41. The molecule has 0 unspecified atom stereocenters. The summed E-state index contributed by atoms with van der Waals surface area (Å²) in [6.07, 6.45) is 0. The van der Waals surface area contributed by atoms with Gasteiger partial charge in [0.2, 0.25) is 0 Å². The Morgan fingerprint density at radius 1 is 0.571 bits per heavy atom. The van der Waals surface area contributed by atoms with Crippen molar-refractivity contribution in [3.8, 4) is 0 Å². The fraction of sp³-hybridized carbons (Fsp3) is 1.00. The molecule has 0 heterocycles. The van der Waals surface area contributed by atoms with E-state index in [1.165, 1.54) is 0 Å². The van der Waals surface area contributed by atoms with Crippen molar-refractivity contribution in [2.75, 3.05) is 0 Å². The second-order valence-corrected chi connectivity index (χ2v) is 22.6. The van der Waals surface area contributed by atoms with E-state index in [0.717, 1.165) is 0 Å². The summed E-state index contributed by atoms with van der Waals surface area (Å²) in [5, 5.41) is 0. The van der Waals surface area contributed by atoms with E-state index in [1.54, 1.807) is 0 Å². The third-order valence-electron chi connectivity index (χ3n) is 3.10. The molecule has 0 spiro atoms. The van der Waals surface area contributed by atoms with Crippen molar-refractivity contribution < 1.29 is 0 Å². The SMILES string of the molecule is C[C](C)(C)[Ge]([Cl])([C](C)(C)C)[C](C)(C)C. The van der Waals surface area contributed by atoms with Crippen molar-refractivity contribution in [3.63, 3.8) is 0 Å². The molecule has 0 aromatic carbocycles. The van der Waals surface area contributed by atoms with E-state index in [-0.39, 0.29) is 12.7 Å². The van der Waals surface area contributed by atoms with Crippen LogP contribution >= 0.6 is 10.0 Å². The minimum absolute atomic E-state index is 0.276. The van der Waals surface area contributed by atoms with Crippen LogP contribution in [0, 0.1) is 0 Å². The summed E-state index contributed by atoms with van der Waals surface area (Å²) in [4.78, 5) is 0. The normalized spacial score (nSPS) is 15.9. The van der Waals surface area contributed by atoms with Crippen LogP contribution < -0.4 is 0 Å². The van der Waals surface area contributed by atoms with Gasteiger partial charge in [0.1, 0.15) is 0 Å². The first-order valence-electron chi connectivity index (χ1n) is 5.44. The van der Waals surface area contributed by atoms with E-state index >= 15 is 0 Å². The molecule has 0 rings (SSSR count). The summed E-state index contributed by atoms with van der Waals surface area (Å²) in [7, 11) is 7.16. The summed E-state index contributed by atoms with van der Waals surface area (Å²) in [6.45, 7) is 20.8. The molecule has 0 atom stereocenters. The third kappa shape index (κ3) is 2.32. The maximum absolute atomic E-state index is 7.16. The van der Waals surface area contributed by atoms with Crippen molar-refractivity contribution in [3.05, 3.63) is 0 Å². The Kier molecular flexibility index (Phi) is 3.91. The Bertz CT molecular complexity index is 164. The summed E-state index contributed by atoms with van der Waals surface area (Å²) >= 11 is -2.47. The van der Waals surface area contributed by atoms with Gasteiger partial charge in [-0.15, -0.1) is 0 Å². The first kappa shape index (κ1) is 14.8. The van der Waals surface area contributed by atoms with Gasteiger partial charge in [-0.3, -0.25) is 0 Å². The first-order chi connectivity index (χ1) is 5.75. The van der Waals surface area contributed by atoms with Gasteiger partial charge in [0, 0.05) is 0 Å². The molecule has 0 saturated heterocycles. The van der Waals surface area contributed by atoms with Crippen LogP contribution in [-0.4, -0.2) is 12.3 Å². The Morgan fingerprint density at radius 3 is 0.714 bits per heavy atom. The van der Waals surface area contributed by atoms with Crippen LogP contribution in [-0.2, 0) is 0 Å². The molecule has 0 aliphatic heterocycles. The average molecular weight is 279 g/mol. The van der Waals surface area contributed by atoms with E-state index in [1.807, 2.05) is 0 Å². The number of hydrogen-bond acceptors (Lipinski definition) is 0. The predicted molar refractivity (Wildman–Crippen MR) is 70.8 cm³/mol. The molecule has 0 bridgehead atoms. The fourth-order valence-electron chi connectivity index (χ4n) is 3.38. The Morgan fingerprint density at radius 2 is 0.714 bits per heavy atom. The maximum atomic E-state index is 7.16. The van der Waals surface area contributed by atoms with Gasteiger partial charge in [0.05, 0.1) is 0 Å². The van der Waals surface area contributed by atoms with Crippen LogP contribution in [0.5, 0.6) is 0 Å². The zero-order valence-corrected chi connectivity index (χ0v) is 14.2. The van der Waals surface area contributed by atoms with Crippen LogP contribution in [0.15, 0.2) is 0 Å². The summed E-state index contributed by atoms with van der Waals surface area (Å²) in [5.41, 5.74) is 0. The zero-order chi connectivity index (χ0) is 12.0. The third-order valence-corrected chi connectivity index (χ3v) is 24.9. The van der Waals surface area contributed by atoms with E-state index in [0.29, 0.717) is 0 Å². The van der Waals surface area contributed by atoms with E-state index in [9.17, 15) is 0 Å². The van der Waals surface area contributed by atoms with Crippen LogP contribution in [0.25, 0.3) is 0 Å². The topological polar surface area (TPSA) is 0 Å². The van der Waals surface area contributed by atoms with Gasteiger partial charge in [0.15, 0.2) is 0 Å². The van der Waals surface area contributed by atoms with Gasteiger partial charge in [-0.2, -0.15) is 0 Å². The van der Waals surface area contributed by atoms with Crippen LogP contribution in [0.2, 0.25) is 12.7 Å². The Hall–Kier alpha value is 0.833. The van der Waals surface area contributed by atoms with Crippen molar-refractivity contribution in [1.82, 2.24) is 0 Å². The molecule has 86 valence electrons. The molecule has 0 saturated carbocycles. The molecular formula is C12H27ClGe. The molecule has 0 amide bonds. The molecule has 2 heteroatoms. The van der Waals surface area contributed by atoms with Gasteiger partial charge in [-0.25, -0.2) is 0 Å². The van der Waals surface area contributed by atoms with Crippen LogP contribution in [0.1, 0.15) is 62.3 Å². The van der Waals surface area contributed by atoms with Crippen molar-refractivity contribution in [2.45, 2.75) is 75.1 Å². The van der Waals surface area contributed by atoms with Crippen LogP contribution in [0.3, 0.4) is 0 Å². The number of hydrogen-bond donors (Lipinski definition) is 0. The predicted octanol–water partition coefficient (Wildman–Crippen LogP) is 5.57. The Labute approximate surface area is 97.3 Å². The van der Waals surface area contributed by atoms with Crippen molar-refractivity contribution >= 4 is 22.3 Å². The number of rotatable bonds is 0. The van der Waals surface area contributed by atoms with Crippen molar-refractivity contribution in [1.29, 1.82) is 0 Å². The van der Waals surface area contributed by atoms with Gasteiger partial charge in [-0.1, -0.05) is 0 Å². The van der Waals surface area contributed by atoms with Gasteiger partial charge >= 0.3 is 97.4 Å². The van der Waals surface area contributed by atoms with Gasteiger partial charge in [0.25, 0.3) is 0 Å². The van der Waals surface area contributed by atoms with E-state index in [4.69, 9.17) is 10.0 Å². The molecule has 0 aromatic heterocycles. The molecule has 14 heavy (non-hydrogen) atoms. The van der Waals surface area contributed by atoms with Crippen LogP contribution in [0.4, 0.5) is 0 Å². The number of halogens is 1. The van der Waals surface area contributed by atoms with Crippen molar-refractivity contribution in [2.24, 2.45) is 0 Å². The molecule has 0 nitrogen and oxygen atoms in total. The molecule has 0 N–H and O–H groups in total. The molecular weight excluding hydrogens is 252 g/mol. The van der Waals surface area contributed by atoms with E-state index < -0.39 is 12.3 Å². The standard InChI is InChI=1S/C12H27ClGe/c1-10(2,3)14(13,11(4,5)6)12(7,8)9/h1-9H3. The summed E-state index contributed by atoms with van der Waals surface area (Å²) < 4.78 is 0.828. The second kappa shape index (κ2) is 3.69.